The number of carbonyl (C=O) groups is 1. The number of aromatic nitrogens is 5. The summed E-state index contributed by atoms with van der Waals surface area (Å²) in [5.41, 5.74) is 10.5. The summed E-state index contributed by atoms with van der Waals surface area (Å²) in [7, 11) is 0. The van der Waals surface area contributed by atoms with Crippen LogP contribution in [-0.2, 0) is 11.3 Å². The smallest absolute Gasteiger partial charge is 0.274 e. The van der Waals surface area contributed by atoms with Crippen LogP contribution < -0.4 is 16.0 Å². The van der Waals surface area contributed by atoms with Gasteiger partial charge in [0.2, 0.25) is 0 Å². The summed E-state index contributed by atoms with van der Waals surface area (Å²) >= 11 is 0. The third kappa shape index (κ3) is 5.35. The van der Waals surface area contributed by atoms with Crippen molar-refractivity contribution in [3.05, 3.63) is 60.3 Å². The van der Waals surface area contributed by atoms with E-state index in [1.165, 1.54) is 0 Å². The van der Waals surface area contributed by atoms with Gasteiger partial charge in [-0.25, -0.2) is 9.97 Å². The zero-order valence-electron chi connectivity index (χ0n) is 21.1. The van der Waals surface area contributed by atoms with E-state index in [9.17, 15) is 4.79 Å². The fourth-order valence-electron chi connectivity index (χ4n) is 5.10. The highest BCUT2D eigenvalue weighted by Crippen LogP contribution is 2.28. The molecule has 0 bridgehead atoms. The van der Waals surface area contributed by atoms with Crippen LogP contribution in [0.5, 0.6) is 0 Å². The summed E-state index contributed by atoms with van der Waals surface area (Å²) < 4.78 is 5.47. The zero-order valence-corrected chi connectivity index (χ0v) is 21.1. The summed E-state index contributed by atoms with van der Waals surface area (Å²) in [5.74, 6) is 0.621. The molecule has 1 unspecified atom stereocenters. The maximum Gasteiger partial charge on any atom is 0.274 e. The van der Waals surface area contributed by atoms with Gasteiger partial charge in [0.15, 0.2) is 0 Å². The molecule has 1 amide bonds. The number of H-pyrrole nitrogens is 1. The van der Waals surface area contributed by atoms with E-state index in [4.69, 9.17) is 10.5 Å². The summed E-state index contributed by atoms with van der Waals surface area (Å²) in [4.78, 5) is 38.5. The summed E-state index contributed by atoms with van der Waals surface area (Å²) in [6.07, 6.45) is 7.07. The van der Waals surface area contributed by atoms with Crippen molar-refractivity contribution in [1.29, 1.82) is 0 Å². The minimum absolute atomic E-state index is 0.216. The van der Waals surface area contributed by atoms with E-state index in [1.807, 2.05) is 30.3 Å². The first kappa shape index (κ1) is 24.4. The Balaban J connectivity index is 1.14. The number of rotatable bonds is 6. The lowest BCUT2D eigenvalue weighted by Crippen LogP contribution is -2.42. The standard InChI is InChI=1S/C27H31N9O2/c28-19-2-1-7-35(16-19)15-18-5-6-29-24(12-18)27(37)33-20-3-4-22(30-14-20)23-13-21-25(34-23)31-17-32-26(21)36-8-10-38-11-9-36/h3-6,12-14,17,19H,1-2,7-11,15-16,28H2,(H,33,37)(H,31,32,34). The number of likely N-dealkylation sites (tertiary alicyclic amines) is 1. The van der Waals surface area contributed by atoms with Crippen molar-refractivity contribution in [2.24, 2.45) is 5.73 Å². The molecule has 0 spiro atoms. The fraction of sp³-hybridized carbons (Fsp3) is 0.370. The quantitative estimate of drug-likeness (QED) is 0.355. The molecule has 11 nitrogen and oxygen atoms in total. The molecule has 6 rings (SSSR count). The van der Waals surface area contributed by atoms with Gasteiger partial charge in [-0.3, -0.25) is 19.7 Å². The van der Waals surface area contributed by atoms with Crippen LogP contribution in [0.1, 0.15) is 28.9 Å². The highest BCUT2D eigenvalue weighted by molar-refractivity contribution is 6.03. The highest BCUT2D eigenvalue weighted by Gasteiger charge is 2.19. The minimum Gasteiger partial charge on any atom is -0.378 e. The molecule has 2 saturated heterocycles. The fourth-order valence-corrected chi connectivity index (χ4v) is 5.10. The topological polar surface area (TPSA) is 138 Å². The predicted octanol–water partition coefficient (Wildman–Crippen LogP) is 2.43. The second-order valence-electron chi connectivity index (χ2n) is 9.81. The van der Waals surface area contributed by atoms with Crippen LogP contribution in [-0.4, -0.2) is 81.2 Å². The normalized spacial score (nSPS) is 18.6. The SMILES string of the molecule is NC1CCCN(Cc2ccnc(C(=O)Nc3ccc(-c4cc5c(N6CCOCC6)ncnc5[nH]4)nc3)c2)C1. The predicted molar refractivity (Wildman–Crippen MR) is 145 cm³/mol. The zero-order chi connectivity index (χ0) is 25.9. The molecule has 2 fully saturated rings. The van der Waals surface area contributed by atoms with Gasteiger partial charge in [0, 0.05) is 38.4 Å². The van der Waals surface area contributed by atoms with E-state index in [2.05, 4.69) is 40.0 Å². The van der Waals surface area contributed by atoms with Gasteiger partial charge in [-0.1, -0.05) is 0 Å². The van der Waals surface area contributed by atoms with Crippen LogP contribution in [0.3, 0.4) is 0 Å². The Kier molecular flexibility index (Phi) is 6.95. The molecule has 2 aliphatic rings. The third-order valence-corrected chi connectivity index (χ3v) is 7.02. The van der Waals surface area contributed by atoms with Crippen LogP contribution in [0.4, 0.5) is 11.5 Å². The Labute approximate surface area is 220 Å². The van der Waals surface area contributed by atoms with Crippen molar-refractivity contribution in [1.82, 2.24) is 29.8 Å². The number of anilines is 2. The highest BCUT2D eigenvalue weighted by atomic mass is 16.5. The van der Waals surface area contributed by atoms with Crippen molar-refractivity contribution in [3.8, 4) is 11.4 Å². The second kappa shape index (κ2) is 10.8. The number of nitrogens with two attached hydrogens (primary N) is 1. The van der Waals surface area contributed by atoms with Gasteiger partial charge in [-0.05, 0) is 55.3 Å². The first-order valence-electron chi connectivity index (χ1n) is 13.0. The summed E-state index contributed by atoms with van der Waals surface area (Å²) in [6, 6.07) is 9.72. The van der Waals surface area contributed by atoms with Gasteiger partial charge in [0.1, 0.15) is 23.5 Å². The maximum absolute atomic E-state index is 12.9. The van der Waals surface area contributed by atoms with Gasteiger partial charge >= 0.3 is 0 Å². The second-order valence-corrected chi connectivity index (χ2v) is 9.81. The molecule has 196 valence electrons. The Morgan fingerprint density at radius 1 is 1.11 bits per heavy atom. The third-order valence-electron chi connectivity index (χ3n) is 7.02. The van der Waals surface area contributed by atoms with Crippen molar-refractivity contribution in [2.45, 2.75) is 25.4 Å². The van der Waals surface area contributed by atoms with E-state index in [1.54, 1.807) is 18.7 Å². The van der Waals surface area contributed by atoms with Crippen LogP contribution >= 0.6 is 0 Å². The van der Waals surface area contributed by atoms with Crippen molar-refractivity contribution in [3.63, 3.8) is 0 Å². The largest absolute Gasteiger partial charge is 0.378 e. The van der Waals surface area contributed by atoms with Gasteiger partial charge in [-0.15, -0.1) is 0 Å². The van der Waals surface area contributed by atoms with Gasteiger partial charge in [0.25, 0.3) is 5.91 Å². The monoisotopic (exact) mass is 513 g/mol. The number of amides is 1. The van der Waals surface area contributed by atoms with Crippen LogP contribution in [0.2, 0.25) is 0 Å². The molecule has 6 heterocycles. The Hall–Kier alpha value is -3.93. The molecule has 4 aromatic rings. The Morgan fingerprint density at radius 3 is 2.82 bits per heavy atom. The number of carbonyl (C=O) groups excluding carboxylic acids is 1. The van der Waals surface area contributed by atoms with Gasteiger partial charge in [-0.2, -0.15) is 0 Å². The number of aromatic amines is 1. The summed E-state index contributed by atoms with van der Waals surface area (Å²) in [5, 5.41) is 3.85. The molecule has 0 aromatic carbocycles. The van der Waals surface area contributed by atoms with E-state index in [0.29, 0.717) is 24.6 Å². The molecule has 0 radical (unpaired) electrons. The number of fused-ring (bicyclic) bond motifs is 1. The minimum atomic E-state index is -0.271. The molecule has 38 heavy (non-hydrogen) atoms. The average Bonchev–Trinajstić information content (AvgIpc) is 3.39. The molecule has 1 atom stereocenters. The van der Waals surface area contributed by atoms with E-state index in [-0.39, 0.29) is 11.9 Å². The molecule has 11 heteroatoms. The number of piperidine rings is 1. The molecular formula is C27H31N9O2. The van der Waals surface area contributed by atoms with Crippen molar-refractivity contribution < 1.29 is 9.53 Å². The molecule has 4 aromatic heterocycles. The number of hydrogen-bond acceptors (Lipinski definition) is 9. The molecule has 4 N–H and O–H groups in total. The lowest BCUT2D eigenvalue weighted by molar-refractivity contribution is 0.102. The van der Waals surface area contributed by atoms with Gasteiger partial charge < -0.3 is 25.7 Å². The van der Waals surface area contributed by atoms with Crippen LogP contribution in [0.15, 0.2) is 49.1 Å². The summed E-state index contributed by atoms with van der Waals surface area (Å²) in [6.45, 7) is 5.61. The van der Waals surface area contributed by atoms with Crippen LogP contribution in [0, 0.1) is 0 Å². The Bertz CT molecular complexity index is 1420. The number of hydrogen-bond donors (Lipinski definition) is 3. The number of nitrogens with one attached hydrogen (secondary N) is 2. The number of ether oxygens (including phenoxy) is 1. The van der Waals surface area contributed by atoms with Gasteiger partial charge in [0.05, 0.1) is 41.9 Å². The van der Waals surface area contributed by atoms with Crippen molar-refractivity contribution in [2.75, 3.05) is 49.6 Å². The average molecular weight is 514 g/mol. The van der Waals surface area contributed by atoms with E-state index >= 15 is 0 Å². The van der Waals surface area contributed by atoms with E-state index in [0.717, 1.165) is 79.4 Å². The number of morpholine rings is 1. The molecule has 0 aliphatic carbocycles. The van der Waals surface area contributed by atoms with E-state index < -0.39 is 0 Å². The Morgan fingerprint density at radius 2 is 2.00 bits per heavy atom. The van der Waals surface area contributed by atoms with Crippen molar-refractivity contribution >= 4 is 28.4 Å². The number of nitrogens with zero attached hydrogens (tertiary/aromatic N) is 6. The lowest BCUT2D eigenvalue weighted by atomic mass is 10.1. The first-order valence-corrected chi connectivity index (χ1v) is 13.0. The number of pyridine rings is 2. The molecular weight excluding hydrogens is 482 g/mol. The maximum atomic E-state index is 12.9. The lowest BCUT2D eigenvalue weighted by Gasteiger charge is -2.30. The van der Waals surface area contributed by atoms with Crippen LogP contribution in [0.25, 0.3) is 22.4 Å². The molecule has 0 saturated carbocycles. The first-order chi connectivity index (χ1) is 18.6. The molecule has 2 aliphatic heterocycles.